The van der Waals surface area contributed by atoms with Gasteiger partial charge in [-0.2, -0.15) is 0 Å². The van der Waals surface area contributed by atoms with Crippen LogP contribution in [0.15, 0.2) is 24.3 Å². The third kappa shape index (κ3) is 5.16. The Balaban J connectivity index is 1.85. The highest BCUT2D eigenvalue weighted by atomic mass is 16.5. The summed E-state index contributed by atoms with van der Waals surface area (Å²) in [6.07, 6.45) is 6.55. The van der Waals surface area contributed by atoms with Gasteiger partial charge < -0.3 is 9.84 Å². The summed E-state index contributed by atoms with van der Waals surface area (Å²) in [6.45, 7) is 2.13. The zero-order valence-electron chi connectivity index (χ0n) is 12.9. The fourth-order valence-electron chi connectivity index (χ4n) is 3.12. The first kappa shape index (κ1) is 16.0. The van der Waals surface area contributed by atoms with E-state index in [2.05, 4.69) is 24.3 Å². The molecule has 0 radical (unpaired) electrons. The van der Waals surface area contributed by atoms with Crippen molar-refractivity contribution in [2.75, 3.05) is 6.61 Å². The first-order valence-corrected chi connectivity index (χ1v) is 8.11. The lowest BCUT2D eigenvalue weighted by atomic mass is 9.84. The van der Waals surface area contributed by atoms with Crippen LogP contribution in [0.2, 0.25) is 0 Å². The van der Waals surface area contributed by atoms with Crippen molar-refractivity contribution in [2.45, 2.75) is 63.9 Å². The predicted octanol–water partition coefficient (Wildman–Crippen LogP) is 3.59. The molecule has 1 aromatic carbocycles. The first-order chi connectivity index (χ1) is 10.2. The standard InChI is InChI=1S/C18H26O3/c1-2-21-18(20)13-17(19)12-14-8-10-16(11-9-14)15-6-4-3-5-7-15/h8-11,15,17,19H,2-7,12-13H2,1H3/t17-/m0/s1. The first-order valence-electron chi connectivity index (χ1n) is 8.11. The Morgan fingerprint density at radius 1 is 1.24 bits per heavy atom. The summed E-state index contributed by atoms with van der Waals surface area (Å²) in [5, 5.41) is 9.92. The van der Waals surface area contributed by atoms with Gasteiger partial charge in [-0.05, 0) is 43.2 Å². The fourth-order valence-corrected chi connectivity index (χ4v) is 3.12. The van der Waals surface area contributed by atoms with E-state index in [0.717, 1.165) is 5.56 Å². The van der Waals surface area contributed by atoms with Crippen LogP contribution >= 0.6 is 0 Å². The van der Waals surface area contributed by atoms with Gasteiger partial charge in [-0.15, -0.1) is 0 Å². The predicted molar refractivity (Wildman–Crippen MR) is 83.2 cm³/mol. The minimum Gasteiger partial charge on any atom is -0.466 e. The van der Waals surface area contributed by atoms with Crippen LogP contribution in [0.3, 0.4) is 0 Å². The van der Waals surface area contributed by atoms with E-state index in [1.165, 1.54) is 37.7 Å². The minimum atomic E-state index is -0.662. The van der Waals surface area contributed by atoms with Crippen LogP contribution in [0, 0.1) is 0 Å². The molecule has 3 nitrogen and oxygen atoms in total. The van der Waals surface area contributed by atoms with Crippen LogP contribution in [-0.4, -0.2) is 23.8 Å². The highest BCUT2D eigenvalue weighted by Gasteiger charge is 2.16. The summed E-state index contributed by atoms with van der Waals surface area (Å²) in [5.74, 6) is 0.376. The summed E-state index contributed by atoms with van der Waals surface area (Å²) in [5.41, 5.74) is 2.49. The molecular weight excluding hydrogens is 264 g/mol. The van der Waals surface area contributed by atoms with Crippen molar-refractivity contribution in [3.63, 3.8) is 0 Å². The van der Waals surface area contributed by atoms with Crippen molar-refractivity contribution in [1.82, 2.24) is 0 Å². The topological polar surface area (TPSA) is 46.5 Å². The smallest absolute Gasteiger partial charge is 0.308 e. The second-order valence-corrected chi connectivity index (χ2v) is 5.94. The molecule has 3 heteroatoms. The van der Waals surface area contributed by atoms with E-state index in [1.807, 2.05) is 0 Å². The normalized spacial score (nSPS) is 17.4. The van der Waals surface area contributed by atoms with Gasteiger partial charge in [-0.3, -0.25) is 4.79 Å². The van der Waals surface area contributed by atoms with Gasteiger partial charge in [0.1, 0.15) is 0 Å². The van der Waals surface area contributed by atoms with E-state index in [1.54, 1.807) is 6.92 Å². The number of carbonyl (C=O) groups is 1. The molecular formula is C18H26O3. The van der Waals surface area contributed by atoms with Crippen LogP contribution in [0.5, 0.6) is 0 Å². The Hall–Kier alpha value is -1.35. The molecule has 0 aliphatic heterocycles. The summed E-state index contributed by atoms with van der Waals surface area (Å²) in [4.78, 5) is 11.3. The molecule has 0 unspecified atom stereocenters. The average molecular weight is 290 g/mol. The second kappa shape index (κ2) is 8.18. The molecule has 116 valence electrons. The van der Waals surface area contributed by atoms with E-state index in [-0.39, 0.29) is 12.4 Å². The fraction of sp³-hybridized carbons (Fsp3) is 0.611. The summed E-state index contributed by atoms with van der Waals surface area (Å²) >= 11 is 0. The molecule has 0 saturated heterocycles. The van der Waals surface area contributed by atoms with E-state index in [9.17, 15) is 9.90 Å². The van der Waals surface area contributed by atoms with Gasteiger partial charge in [0.15, 0.2) is 0 Å². The number of hydrogen-bond acceptors (Lipinski definition) is 3. The molecule has 1 atom stereocenters. The lowest BCUT2D eigenvalue weighted by Gasteiger charge is -2.22. The van der Waals surface area contributed by atoms with Crippen LogP contribution < -0.4 is 0 Å². The van der Waals surface area contributed by atoms with Crippen molar-refractivity contribution in [2.24, 2.45) is 0 Å². The molecule has 1 fully saturated rings. The molecule has 21 heavy (non-hydrogen) atoms. The summed E-state index contributed by atoms with van der Waals surface area (Å²) in [6, 6.07) is 8.53. The quantitative estimate of drug-likeness (QED) is 0.814. The number of aliphatic hydroxyl groups is 1. The van der Waals surface area contributed by atoms with Crippen LogP contribution in [-0.2, 0) is 16.0 Å². The van der Waals surface area contributed by atoms with Gasteiger partial charge in [0.05, 0.1) is 19.1 Å². The van der Waals surface area contributed by atoms with Crippen molar-refractivity contribution >= 4 is 5.97 Å². The molecule has 0 aromatic heterocycles. The van der Waals surface area contributed by atoms with Gasteiger partial charge in [0.2, 0.25) is 0 Å². The van der Waals surface area contributed by atoms with Gasteiger partial charge in [-0.25, -0.2) is 0 Å². The Labute approximate surface area is 127 Å². The molecule has 0 amide bonds. The van der Waals surface area contributed by atoms with E-state index >= 15 is 0 Å². The molecule has 1 aliphatic rings. The van der Waals surface area contributed by atoms with E-state index in [0.29, 0.717) is 18.9 Å². The van der Waals surface area contributed by atoms with Gasteiger partial charge in [0.25, 0.3) is 0 Å². The summed E-state index contributed by atoms with van der Waals surface area (Å²) in [7, 11) is 0. The largest absolute Gasteiger partial charge is 0.466 e. The molecule has 2 rings (SSSR count). The number of ether oxygens (including phenoxy) is 1. The lowest BCUT2D eigenvalue weighted by molar-refractivity contribution is -0.145. The van der Waals surface area contributed by atoms with Crippen LogP contribution in [0.1, 0.15) is 62.5 Å². The molecule has 1 N–H and O–H groups in total. The zero-order valence-corrected chi connectivity index (χ0v) is 12.9. The van der Waals surface area contributed by atoms with Gasteiger partial charge in [0, 0.05) is 0 Å². The molecule has 0 bridgehead atoms. The number of aliphatic hydroxyl groups excluding tert-OH is 1. The lowest BCUT2D eigenvalue weighted by Crippen LogP contribution is -2.18. The molecule has 1 saturated carbocycles. The second-order valence-electron chi connectivity index (χ2n) is 5.94. The minimum absolute atomic E-state index is 0.0677. The number of rotatable bonds is 6. The Bertz CT molecular complexity index is 432. The number of esters is 1. The van der Waals surface area contributed by atoms with Crippen molar-refractivity contribution in [3.05, 3.63) is 35.4 Å². The maximum Gasteiger partial charge on any atom is 0.308 e. The SMILES string of the molecule is CCOC(=O)C[C@@H](O)Cc1ccc(C2CCCCC2)cc1. The maximum absolute atomic E-state index is 11.3. The summed E-state index contributed by atoms with van der Waals surface area (Å²) < 4.78 is 4.85. The maximum atomic E-state index is 11.3. The Morgan fingerprint density at radius 3 is 2.52 bits per heavy atom. The third-order valence-corrected chi connectivity index (χ3v) is 4.24. The monoisotopic (exact) mass is 290 g/mol. The van der Waals surface area contributed by atoms with E-state index < -0.39 is 6.10 Å². The highest BCUT2D eigenvalue weighted by molar-refractivity contribution is 5.69. The Morgan fingerprint density at radius 2 is 1.90 bits per heavy atom. The average Bonchev–Trinajstić information content (AvgIpc) is 2.49. The van der Waals surface area contributed by atoms with E-state index in [4.69, 9.17) is 4.74 Å². The zero-order chi connectivity index (χ0) is 15.1. The Kier molecular flexibility index (Phi) is 6.24. The number of hydrogen-bond donors (Lipinski definition) is 1. The van der Waals surface area contributed by atoms with Crippen molar-refractivity contribution < 1.29 is 14.6 Å². The molecule has 1 aromatic rings. The highest BCUT2D eigenvalue weighted by Crippen LogP contribution is 2.32. The molecule has 0 heterocycles. The van der Waals surface area contributed by atoms with Crippen LogP contribution in [0.25, 0.3) is 0 Å². The number of benzene rings is 1. The van der Waals surface area contributed by atoms with Crippen molar-refractivity contribution in [3.8, 4) is 0 Å². The van der Waals surface area contributed by atoms with Crippen molar-refractivity contribution in [1.29, 1.82) is 0 Å². The molecule has 1 aliphatic carbocycles. The number of carbonyl (C=O) groups excluding carboxylic acids is 1. The van der Waals surface area contributed by atoms with Gasteiger partial charge in [-0.1, -0.05) is 43.5 Å². The molecule has 0 spiro atoms. The van der Waals surface area contributed by atoms with Crippen LogP contribution in [0.4, 0.5) is 0 Å². The van der Waals surface area contributed by atoms with Gasteiger partial charge >= 0.3 is 5.97 Å². The third-order valence-electron chi connectivity index (χ3n) is 4.24.